The van der Waals surface area contributed by atoms with Gasteiger partial charge in [-0.2, -0.15) is 4.31 Å². The number of amides is 1. The van der Waals surface area contributed by atoms with Crippen LogP contribution in [0.5, 0.6) is 5.75 Å². The molecule has 8 heteroatoms. The SMILES string of the molecule is CCOc1ccccc1CNC(=O)[C@@H]1CCCN(S(=O)(=O)c2ccc(F)cc2)C1. The van der Waals surface area contributed by atoms with E-state index in [4.69, 9.17) is 4.74 Å². The molecule has 1 N–H and O–H groups in total. The number of carbonyl (C=O) groups is 1. The number of hydrogen-bond donors (Lipinski definition) is 1. The number of para-hydroxylation sites is 1. The normalized spacial score (nSPS) is 17.7. The highest BCUT2D eigenvalue weighted by molar-refractivity contribution is 7.89. The highest BCUT2D eigenvalue weighted by atomic mass is 32.2. The number of sulfonamides is 1. The monoisotopic (exact) mass is 420 g/mol. The summed E-state index contributed by atoms with van der Waals surface area (Å²) in [5.74, 6) is -0.389. The molecule has 0 spiro atoms. The Bertz CT molecular complexity index is 947. The Balaban J connectivity index is 1.64. The molecule has 0 bridgehead atoms. The van der Waals surface area contributed by atoms with Crippen molar-refractivity contribution in [3.8, 4) is 5.75 Å². The minimum Gasteiger partial charge on any atom is -0.494 e. The highest BCUT2D eigenvalue weighted by Gasteiger charge is 2.33. The number of hydrogen-bond acceptors (Lipinski definition) is 4. The molecule has 0 radical (unpaired) electrons. The van der Waals surface area contributed by atoms with Crippen molar-refractivity contribution in [1.29, 1.82) is 0 Å². The van der Waals surface area contributed by atoms with Crippen molar-refractivity contribution < 1.29 is 22.3 Å². The van der Waals surface area contributed by atoms with Gasteiger partial charge in [0, 0.05) is 25.2 Å². The van der Waals surface area contributed by atoms with Crippen molar-refractivity contribution in [2.24, 2.45) is 5.92 Å². The average Bonchev–Trinajstić information content (AvgIpc) is 2.73. The number of nitrogens with zero attached hydrogens (tertiary/aromatic N) is 1. The molecule has 1 aliphatic rings. The molecule has 1 heterocycles. The van der Waals surface area contributed by atoms with E-state index in [1.54, 1.807) is 0 Å². The lowest BCUT2D eigenvalue weighted by molar-refractivity contribution is -0.126. The van der Waals surface area contributed by atoms with E-state index in [1.807, 2.05) is 31.2 Å². The Labute approximate surface area is 170 Å². The Morgan fingerprint density at radius 3 is 2.66 bits per heavy atom. The molecular formula is C21H25FN2O4S. The van der Waals surface area contributed by atoms with Gasteiger partial charge in [0.05, 0.1) is 17.4 Å². The number of halogens is 1. The van der Waals surface area contributed by atoms with Crippen LogP contribution >= 0.6 is 0 Å². The number of ether oxygens (including phenoxy) is 1. The Kier molecular flexibility index (Phi) is 6.87. The Morgan fingerprint density at radius 2 is 1.93 bits per heavy atom. The number of piperidine rings is 1. The molecule has 29 heavy (non-hydrogen) atoms. The molecule has 3 rings (SSSR count). The second-order valence-corrected chi connectivity index (χ2v) is 8.85. The topological polar surface area (TPSA) is 75.7 Å². The first-order valence-electron chi connectivity index (χ1n) is 9.66. The van der Waals surface area contributed by atoms with E-state index in [9.17, 15) is 17.6 Å². The van der Waals surface area contributed by atoms with E-state index in [-0.39, 0.29) is 17.3 Å². The van der Waals surface area contributed by atoms with Gasteiger partial charge in [-0.25, -0.2) is 12.8 Å². The van der Waals surface area contributed by atoms with E-state index < -0.39 is 21.8 Å². The summed E-state index contributed by atoms with van der Waals surface area (Å²) in [6, 6.07) is 12.2. The molecule has 0 aliphatic carbocycles. The van der Waals surface area contributed by atoms with Crippen molar-refractivity contribution in [3.05, 3.63) is 59.9 Å². The summed E-state index contributed by atoms with van der Waals surface area (Å²) in [6.07, 6.45) is 1.21. The summed E-state index contributed by atoms with van der Waals surface area (Å²) in [7, 11) is -3.76. The summed E-state index contributed by atoms with van der Waals surface area (Å²) in [5, 5.41) is 2.90. The minimum atomic E-state index is -3.76. The lowest BCUT2D eigenvalue weighted by Gasteiger charge is -2.31. The van der Waals surface area contributed by atoms with E-state index in [0.29, 0.717) is 32.5 Å². The smallest absolute Gasteiger partial charge is 0.243 e. The summed E-state index contributed by atoms with van der Waals surface area (Å²) in [4.78, 5) is 12.7. The van der Waals surface area contributed by atoms with Crippen LogP contribution in [0.3, 0.4) is 0 Å². The van der Waals surface area contributed by atoms with Crippen LogP contribution < -0.4 is 10.1 Å². The maximum Gasteiger partial charge on any atom is 0.243 e. The summed E-state index contributed by atoms with van der Waals surface area (Å²) < 4.78 is 45.6. The van der Waals surface area contributed by atoms with Crippen LogP contribution in [-0.2, 0) is 21.4 Å². The van der Waals surface area contributed by atoms with Crippen molar-refractivity contribution in [2.45, 2.75) is 31.2 Å². The van der Waals surface area contributed by atoms with Gasteiger partial charge in [0.25, 0.3) is 0 Å². The predicted octanol–water partition coefficient (Wildman–Crippen LogP) is 2.94. The van der Waals surface area contributed by atoms with Gasteiger partial charge in [-0.3, -0.25) is 4.79 Å². The summed E-state index contributed by atoms with van der Waals surface area (Å²) in [5.41, 5.74) is 0.870. The summed E-state index contributed by atoms with van der Waals surface area (Å²) in [6.45, 7) is 3.20. The van der Waals surface area contributed by atoms with Gasteiger partial charge in [-0.05, 0) is 50.1 Å². The van der Waals surface area contributed by atoms with Crippen molar-refractivity contribution in [3.63, 3.8) is 0 Å². The van der Waals surface area contributed by atoms with Crippen LogP contribution in [-0.4, -0.2) is 38.3 Å². The number of carbonyl (C=O) groups excluding carboxylic acids is 1. The van der Waals surface area contributed by atoms with Crippen LogP contribution in [0.4, 0.5) is 4.39 Å². The number of benzene rings is 2. The fraction of sp³-hybridized carbons (Fsp3) is 0.381. The maximum absolute atomic E-state index is 13.1. The molecule has 1 fully saturated rings. The zero-order chi connectivity index (χ0) is 20.9. The van der Waals surface area contributed by atoms with Gasteiger partial charge in [0.2, 0.25) is 15.9 Å². The van der Waals surface area contributed by atoms with Gasteiger partial charge in [-0.1, -0.05) is 18.2 Å². The van der Waals surface area contributed by atoms with Gasteiger partial charge in [-0.15, -0.1) is 0 Å². The highest BCUT2D eigenvalue weighted by Crippen LogP contribution is 2.24. The van der Waals surface area contributed by atoms with Crippen LogP contribution in [0.15, 0.2) is 53.4 Å². The molecule has 0 unspecified atom stereocenters. The average molecular weight is 421 g/mol. The van der Waals surface area contributed by atoms with Gasteiger partial charge in [0.1, 0.15) is 11.6 Å². The van der Waals surface area contributed by atoms with Crippen molar-refractivity contribution >= 4 is 15.9 Å². The van der Waals surface area contributed by atoms with Gasteiger partial charge in [0.15, 0.2) is 0 Å². The van der Waals surface area contributed by atoms with Crippen molar-refractivity contribution in [1.82, 2.24) is 9.62 Å². The fourth-order valence-electron chi connectivity index (χ4n) is 3.40. The zero-order valence-electron chi connectivity index (χ0n) is 16.3. The molecule has 6 nitrogen and oxygen atoms in total. The molecule has 156 valence electrons. The second kappa shape index (κ2) is 9.37. The lowest BCUT2D eigenvalue weighted by atomic mass is 9.98. The Hall–Kier alpha value is -2.45. The molecule has 0 aromatic heterocycles. The first kappa shape index (κ1) is 21.3. The van der Waals surface area contributed by atoms with Crippen LogP contribution in [0.1, 0.15) is 25.3 Å². The third kappa shape index (κ3) is 5.13. The van der Waals surface area contributed by atoms with E-state index in [1.165, 1.54) is 16.4 Å². The quantitative estimate of drug-likeness (QED) is 0.747. The number of nitrogens with one attached hydrogen (secondary N) is 1. The first-order valence-corrected chi connectivity index (χ1v) is 11.1. The molecule has 1 saturated heterocycles. The molecule has 1 atom stereocenters. The molecule has 1 amide bonds. The third-order valence-corrected chi connectivity index (χ3v) is 6.81. The first-order chi connectivity index (χ1) is 13.9. The van der Waals surface area contributed by atoms with Gasteiger partial charge >= 0.3 is 0 Å². The van der Waals surface area contributed by atoms with Gasteiger partial charge < -0.3 is 10.1 Å². The number of rotatable bonds is 7. The molecule has 2 aromatic carbocycles. The Morgan fingerprint density at radius 1 is 1.21 bits per heavy atom. The van der Waals surface area contributed by atoms with Crippen molar-refractivity contribution in [2.75, 3.05) is 19.7 Å². The predicted molar refractivity (Wildman–Crippen MR) is 107 cm³/mol. The van der Waals surface area contributed by atoms with E-state index in [2.05, 4.69) is 5.32 Å². The molecule has 1 aliphatic heterocycles. The fourth-order valence-corrected chi connectivity index (χ4v) is 4.93. The van der Waals surface area contributed by atoms with Crippen LogP contribution in [0.2, 0.25) is 0 Å². The zero-order valence-corrected chi connectivity index (χ0v) is 17.1. The molecule has 2 aromatic rings. The van der Waals surface area contributed by atoms with Crippen LogP contribution in [0.25, 0.3) is 0 Å². The lowest BCUT2D eigenvalue weighted by Crippen LogP contribution is -2.45. The minimum absolute atomic E-state index is 0.0330. The standard InChI is InChI=1S/C21H25FN2O4S/c1-2-28-20-8-4-3-6-16(20)14-23-21(25)17-7-5-13-24(15-17)29(26,27)19-11-9-18(22)10-12-19/h3-4,6,8-12,17H,2,5,7,13-15H2,1H3,(H,23,25)/t17-/m1/s1. The van der Waals surface area contributed by atoms with E-state index in [0.717, 1.165) is 23.4 Å². The molecular weight excluding hydrogens is 395 g/mol. The molecule has 0 saturated carbocycles. The summed E-state index contributed by atoms with van der Waals surface area (Å²) >= 11 is 0. The third-order valence-electron chi connectivity index (χ3n) is 4.93. The van der Waals surface area contributed by atoms with E-state index >= 15 is 0 Å². The van der Waals surface area contributed by atoms with Crippen LogP contribution in [0, 0.1) is 11.7 Å². The second-order valence-electron chi connectivity index (χ2n) is 6.91. The maximum atomic E-state index is 13.1. The largest absolute Gasteiger partial charge is 0.494 e.